The number of anilines is 1. The summed E-state index contributed by atoms with van der Waals surface area (Å²) in [7, 11) is 0. The number of phenols is 1. The molecule has 20 heavy (non-hydrogen) atoms. The Bertz CT molecular complexity index is 571. The molecule has 0 heterocycles. The van der Waals surface area contributed by atoms with Crippen molar-refractivity contribution in [2.45, 2.75) is 25.8 Å². The Labute approximate surface area is 132 Å². The molecule has 0 aliphatic rings. The third-order valence-electron chi connectivity index (χ3n) is 3.16. The molecule has 0 saturated heterocycles. The first-order valence-corrected chi connectivity index (χ1v) is 7.72. The molecule has 0 aliphatic carbocycles. The fraction of sp³-hybridized carbons (Fsp3) is 0.250. The van der Waals surface area contributed by atoms with Crippen molar-refractivity contribution in [3.63, 3.8) is 0 Å². The minimum atomic E-state index is 0.308. The van der Waals surface area contributed by atoms with E-state index in [9.17, 15) is 5.11 Å². The molecule has 2 rings (SSSR count). The predicted molar refractivity (Wildman–Crippen MR) is 88.7 cm³/mol. The van der Waals surface area contributed by atoms with Crippen LogP contribution in [0, 0.1) is 0 Å². The van der Waals surface area contributed by atoms with E-state index in [2.05, 4.69) is 28.2 Å². The van der Waals surface area contributed by atoms with Crippen LogP contribution in [0.25, 0.3) is 0 Å². The minimum Gasteiger partial charge on any atom is -0.508 e. The van der Waals surface area contributed by atoms with Crippen molar-refractivity contribution in [1.82, 2.24) is 0 Å². The van der Waals surface area contributed by atoms with Crippen LogP contribution in [-0.4, -0.2) is 11.1 Å². The lowest BCUT2D eigenvalue weighted by atomic mass is 10.1. The van der Waals surface area contributed by atoms with E-state index in [1.807, 2.05) is 30.3 Å². The van der Waals surface area contributed by atoms with Crippen LogP contribution in [0.1, 0.15) is 18.9 Å². The standard InChI is InChI=1S/C16H17BrClNO/c1-11(5-6-12-7-9-13(20)10-8-12)19-15-4-2-3-14(18)16(15)17/h2-4,7-11,19-20H,5-6H2,1H3. The Morgan fingerprint density at radius 3 is 2.60 bits per heavy atom. The number of benzene rings is 2. The van der Waals surface area contributed by atoms with E-state index >= 15 is 0 Å². The number of aromatic hydroxyl groups is 1. The van der Waals surface area contributed by atoms with Crippen LogP contribution in [0.3, 0.4) is 0 Å². The van der Waals surface area contributed by atoms with Crippen LogP contribution in [0.4, 0.5) is 5.69 Å². The molecule has 4 heteroatoms. The zero-order valence-electron chi connectivity index (χ0n) is 11.2. The second-order valence-electron chi connectivity index (χ2n) is 4.85. The van der Waals surface area contributed by atoms with Crippen LogP contribution < -0.4 is 5.32 Å². The number of nitrogens with one attached hydrogen (secondary N) is 1. The maximum atomic E-state index is 9.26. The van der Waals surface area contributed by atoms with Gasteiger partial charge in [-0.05, 0) is 65.5 Å². The molecule has 0 radical (unpaired) electrons. The van der Waals surface area contributed by atoms with Crippen molar-refractivity contribution in [3.8, 4) is 5.75 Å². The lowest BCUT2D eigenvalue weighted by molar-refractivity contribution is 0.475. The Morgan fingerprint density at radius 1 is 1.20 bits per heavy atom. The number of rotatable bonds is 5. The first-order valence-electron chi connectivity index (χ1n) is 6.54. The monoisotopic (exact) mass is 353 g/mol. The van der Waals surface area contributed by atoms with Gasteiger partial charge in [0, 0.05) is 6.04 Å². The van der Waals surface area contributed by atoms with Crippen LogP contribution in [0.15, 0.2) is 46.9 Å². The summed E-state index contributed by atoms with van der Waals surface area (Å²) >= 11 is 9.56. The maximum Gasteiger partial charge on any atom is 0.115 e. The Morgan fingerprint density at radius 2 is 1.90 bits per heavy atom. The molecule has 0 bridgehead atoms. The van der Waals surface area contributed by atoms with E-state index in [-0.39, 0.29) is 0 Å². The Kier molecular flexibility index (Phi) is 5.32. The topological polar surface area (TPSA) is 32.3 Å². The molecule has 0 spiro atoms. The second kappa shape index (κ2) is 7.00. The van der Waals surface area contributed by atoms with Crippen molar-refractivity contribution < 1.29 is 5.11 Å². The van der Waals surface area contributed by atoms with Crippen LogP contribution >= 0.6 is 27.5 Å². The normalized spacial score (nSPS) is 12.2. The lowest BCUT2D eigenvalue weighted by Gasteiger charge is -2.17. The maximum absolute atomic E-state index is 9.26. The van der Waals surface area contributed by atoms with E-state index in [4.69, 9.17) is 11.6 Å². The molecule has 2 nitrogen and oxygen atoms in total. The molecule has 0 saturated carbocycles. The summed E-state index contributed by atoms with van der Waals surface area (Å²) < 4.78 is 0.901. The summed E-state index contributed by atoms with van der Waals surface area (Å²) in [5.41, 5.74) is 2.23. The van der Waals surface area contributed by atoms with Crippen molar-refractivity contribution in [1.29, 1.82) is 0 Å². The molecule has 0 aromatic heterocycles. The summed E-state index contributed by atoms with van der Waals surface area (Å²) in [6.45, 7) is 2.15. The first-order chi connectivity index (χ1) is 9.56. The predicted octanol–water partition coefficient (Wildman–Crippen LogP) is 5.24. The van der Waals surface area contributed by atoms with Gasteiger partial charge < -0.3 is 10.4 Å². The molecule has 106 valence electrons. The molecular weight excluding hydrogens is 338 g/mol. The van der Waals surface area contributed by atoms with Gasteiger partial charge >= 0.3 is 0 Å². The number of hydrogen-bond acceptors (Lipinski definition) is 2. The lowest BCUT2D eigenvalue weighted by Crippen LogP contribution is -2.16. The Hall–Kier alpha value is -1.19. The van der Waals surface area contributed by atoms with E-state index in [0.717, 1.165) is 23.0 Å². The van der Waals surface area contributed by atoms with Crippen LogP contribution in [0.5, 0.6) is 5.75 Å². The minimum absolute atomic E-state index is 0.308. The number of hydrogen-bond donors (Lipinski definition) is 2. The van der Waals surface area contributed by atoms with Gasteiger partial charge in [-0.25, -0.2) is 0 Å². The largest absolute Gasteiger partial charge is 0.508 e. The van der Waals surface area contributed by atoms with E-state index < -0.39 is 0 Å². The molecule has 0 amide bonds. The second-order valence-corrected chi connectivity index (χ2v) is 6.05. The third-order valence-corrected chi connectivity index (χ3v) is 4.55. The molecule has 2 N–H and O–H groups in total. The highest BCUT2D eigenvalue weighted by atomic mass is 79.9. The Balaban J connectivity index is 1.91. The zero-order valence-corrected chi connectivity index (χ0v) is 13.6. The molecule has 0 fully saturated rings. The van der Waals surface area contributed by atoms with E-state index in [1.165, 1.54) is 5.56 Å². The van der Waals surface area contributed by atoms with Crippen molar-refractivity contribution in [3.05, 3.63) is 57.5 Å². The average molecular weight is 355 g/mol. The van der Waals surface area contributed by atoms with Gasteiger partial charge in [-0.15, -0.1) is 0 Å². The van der Waals surface area contributed by atoms with Crippen LogP contribution in [-0.2, 0) is 6.42 Å². The highest BCUT2D eigenvalue weighted by molar-refractivity contribution is 9.10. The highest BCUT2D eigenvalue weighted by Gasteiger charge is 2.07. The van der Waals surface area contributed by atoms with Crippen molar-refractivity contribution >= 4 is 33.2 Å². The number of phenolic OH excluding ortho intramolecular Hbond substituents is 1. The van der Waals surface area contributed by atoms with Gasteiger partial charge in [0.1, 0.15) is 5.75 Å². The average Bonchev–Trinajstić information content (AvgIpc) is 2.43. The van der Waals surface area contributed by atoms with E-state index in [1.54, 1.807) is 12.1 Å². The van der Waals surface area contributed by atoms with E-state index in [0.29, 0.717) is 16.8 Å². The first kappa shape index (κ1) is 15.2. The molecule has 0 aliphatic heterocycles. The zero-order chi connectivity index (χ0) is 14.5. The molecular formula is C16H17BrClNO. The van der Waals surface area contributed by atoms with Gasteiger partial charge in [-0.2, -0.15) is 0 Å². The SMILES string of the molecule is CC(CCc1ccc(O)cc1)Nc1cccc(Cl)c1Br. The van der Waals surface area contributed by atoms with Gasteiger partial charge in [-0.1, -0.05) is 29.8 Å². The summed E-state index contributed by atoms with van der Waals surface area (Å²) in [5.74, 6) is 0.308. The molecule has 2 aromatic carbocycles. The van der Waals surface area contributed by atoms with Gasteiger partial charge in [0.25, 0.3) is 0 Å². The molecule has 2 aromatic rings. The summed E-state index contributed by atoms with van der Waals surface area (Å²) in [5, 5.41) is 13.4. The smallest absolute Gasteiger partial charge is 0.115 e. The fourth-order valence-electron chi connectivity index (χ4n) is 2.00. The summed E-state index contributed by atoms with van der Waals surface area (Å²) in [6.07, 6.45) is 1.97. The number of halogens is 2. The third kappa shape index (κ3) is 4.15. The van der Waals surface area contributed by atoms with Gasteiger partial charge in [0.2, 0.25) is 0 Å². The highest BCUT2D eigenvalue weighted by Crippen LogP contribution is 2.30. The van der Waals surface area contributed by atoms with Crippen LogP contribution in [0.2, 0.25) is 5.02 Å². The molecule has 1 unspecified atom stereocenters. The summed E-state index contributed by atoms with van der Waals surface area (Å²) in [4.78, 5) is 0. The van der Waals surface area contributed by atoms with Gasteiger partial charge in [0.15, 0.2) is 0 Å². The number of aryl methyl sites for hydroxylation is 1. The fourth-order valence-corrected chi connectivity index (χ4v) is 2.55. The van der Waals surface area contributed by atoms with Gasteiger partial charge in [0.05, 0.1) is 15.2 Å². The van der Waals surface area contributed by atoms with Crippen molar-refractivity contribution in [2.24, 2.45) is 0 Å². The van der Waals surface area contributed by atoms with Crippen molar-refractivity contribution in [2.75, 3.05) is 5.32 Å². The summed E-state index contributed by atoms with van der Waals surface area (Å²) in [6, 6.07) is 13.5. The molecule has 1 atom stereocenters. The van der Waals surface area contributed by atoms with Gasteiger partial charge in [-0.3, -0.25) is 0 Å². The quantitative estimate of drug-likeness (QED) is 0.769.